The summed E-state index contributed by atoms with van der Waals surface area (Å²) < 4.78 is 9.09. The molecule has 0 aliphatic heterocycles. The molecule has 0 aliphatic rings. The van der Waals surface area contributed by atoms with E-state index in [1.807, 2.05) is 0 Å². The van der Waals surface area contributed by atoms with E-state index in [4.69, 9.17) is 0 Å². The molecule has 0 heterocycles. The summed E-state index contributed by atoms with van der Waals surface area (Å²) in [7, 11) is 0. The Bertz CT molecular complexity index is 153. The van der Waals surface area contributed by atoms with E-state index in [2.05, 4.69) is 9.47 Å². The van der Waals surface area contributed by atoms with E-state index < -0.39 is 0 Å². The van der Waals surface area contributed by atoms with Gasteiger partial charge in [-0.1, -0.05) is 44.9 Å². The molecule has 0 saturated carbocycles. The van der Waals surface area contributed by atoms with E-state index in [1.165, 1.54) is 38.6 Å². The smallest absolute Gasteiger partial charge is 0.417 e. The molecule has 0 aromatic rings. The van der Waals surface area contributed by atoms with Crippen LogP contribution in [0.2, 0.25) is 0 Å². The first-order valence-corrected chi connectivity index (χ1v) is 6.46. The highest BCUT2D eigenvalue weighted by Gasteiger charge is 1.93. The van der Waals surface area contributed by atoms with E-state index in [-0.39, 0.29) is 0 Å². The quantitative estimate of drug-likeness (QED) is 0.348. The van der Waals surface area contributed by atoms with Crippen molar-refractivity contribution >= 4 is 12.9 Å². The number of carbonyl (C=O) groups excluding carboxylic acids is 2. The molecule has 17 heavy (non-hydrogen) atoms. The molecule has 0 fully saturated rings. The summed E-state index contributed by atoms with van der Waals surface area (Å²) in [6, 6.07) is 0. The third kappa shape index (κ3) is 14.9. The largest absolute Gasteiger partial charge is 0.468 e. The lowest BCUT2D eigenvalue weighted by Gasteiger charge is -2.02. The van der Waals surface area contributed by atoms with Gasteiger partial charge in [0.1, 0.15) is 0 Å². The van der Waals surface area contributed by atoms with Gasteiger partial charge in [0.2, 0.25) is 0 Å². The summed E-state index contributed by atoms with van der Waals surface area (Å²) >= 11 is 0. The van der Waals surface area contributed by atoms with Crippen LogP contribution in [-0.2, 0) is 19.1 Å². The second-order valence-corrected chi connectivity index (χ2v) is 4.08. The van der Waals surface area contributed by atoms with Gasteiger partial charge in [0.25, 0.3) is 6.47 Å². The predicted octanol–water partition coefficient (Wildman–Crippen LogP) is 2.75. The molecule has 0 bridgehead atoms. The Morgan fingerprint density at radius 1 is 0.765 bits per heavy atom. The van der Waals surface area contributed by atoms with Gasteiger partial charge < -0.3 is 9.47 Å². The Morgan fingerprint density at radius 2 is 1.24 bits per heavy atom. The summed E-state index contributed by atoms with van der Waals surface area (Å²) in [4.78, 5) is 19.6. The van der Waals surface area contributed by atoms with Crippen molar-refractivity contribution in [3.63, 3.8) is 0 Å². The highest BCUT2D eigenvalue weighted by atomic mass is 16.5. The minimum Gasteiger partial charge on any atom is -0.468 e. The first kappa shape index (κ1) is 15.9. The molecule has 4 nitrogen and oxygen atoms in total. The Balaban J connectivity index is 2.89. The average Bonchev–Trinajstić information content (AvgIpc) is 2.35. The first-order chi connectivity index (χ1) is 8.41. The number of carbonyl (C=O) groups is 1. The molecule has 0 aromatic heterocycles. The highest BCUT2D eigenvalue weighted by molar-refractivity contribution is 5.38. The van der Waals surface area contributed by atoms with Gasteiger partial charge in [0.15, 0.2) is 0 Å². The summed E-state index contributed by atoms with van der Waals surface area (Å²) in [6.07, 6.45) is 10.3. The fourth-order valence-electron chi connectivity index (χ4n) is 1.69. The summed E-state index contributed by atoms with van der Waals surface area (Å²) in [6.45, 7) is 2.98. The van der Waals surface area contributed by atoms with Gasteiger partial charge >= 0.3 is 6.47 Å². The topological polar surface area (TPSA) is 52.6 Å². The number of unbranched alkanes of at least 4 members (excludes halogenated alkanes) is 8. The van der Waals surface area contributed by atoms with Crippen LogP contribution in [0.15, 0.2) is 0 Å². The summed E-state index contributed by atoms with van der Waals surface area (Å²) in [5, 5.41) is 0. The molecule has 0 aliphatic carbocycles. The van der Waals surface area contributed by atoms with Gasteiger partial charge in [0, 0.05) is 0 Å². The van der Waals surface area contributed by atoms with Crippen LogP contribution in [0.25, 0.3) is 0 Å². The second-order valence-electron chi connectivity index (χ2n) is 4.08. The van der Waals surface area contributed by atoms with Gasteiger partial charge in [-0.05, 0) is 12.8 Å². The fraction of sp³-hybridized carbons (Fsp3) is 0.846. The van der Waals surface area contributed by atoms with Crippen LogP contribution in [0.4, 0.5) is 0 Å². The lowest BCUT2D eigenvalue weighted by Crippen LogP contribution is -1.92. The van der Waals surface area contributed by atoms with E-state index in [9.17, 15) is 9.59 Å². The third-order valence-electron chi connectivity index (χ3n) is 2.64. The zero-order valence-corrected chi connectivity index (χ0v) is 10.5. The van der Waals surface area contributed by atoms with Crippen LogP contribution in [-0.4, -0.2) is 26.2 Å². The predicted molar refractivity (Wildman–Crippen MR) is 65.2 cm³/mol. The molecule has 0 amide bonds. The first-order valence-electron chi connectivity index (χ1n) is 6.46. The molecule has 0 atom stereocenters. The number of hydrogen-bond donors (Lipinski definition) is 0. The van der Waals surface area contributed by atoms with Crippen LogP contribution in [0.3, 0.4) is 0 Å². The highest BCUT2D eigenvalue weighted by Crippen LogP contribution is 2.09. The minimum atomic E-state index is 0.500. The molecule has 4 heteroatoms. The zero-order valence-electron chi connectivity index (χ0n) is 10.5. The molecule has 0 aromatic carbocycles. The van der Waals surface area contributed by atoms with Crippen molar-refractivity contribution < 1.29 is 19.1 Å². The van der Waals surface area contributed by atoms with E-state index in [0.717, 1.165) is 25.7 Å². The molecule has 1 radical (unpaired) electrons. The minimum absolute atomic E-state index is 0.500. The van der Waals surface area contributed by atoms with Crippen molar-refractivity contribution in [2.45, 2.75) is 57.8 Å². The summed E-state index contributed by atoms with van der Waals surface area (Å²) in [5.74, 6) is 0. The number of hydrogen-bond acceptors (Lipinski definition) is 4. The molecule has 99 valence electrons. The number of ether oxygens (including phenoxy) is 2. The zero-order chi connectivity index (χ0) is 12.6. The molecule has 0 spiro atoms. The van der Waals surface area contributed by atoms with Gasteiger partial charge in [-0.3, -0.25) is 4.79 Å². The summed E-state index contributed by atoms with van der Waals surface area (Å²) in [5.41, 5.74) is 0. The molecular weight excluding hydrogens is 220 g/mol. The Labute approximate surface area is 104 Å². The lowest BCUT2D eigenvalue weighted by atomic mass is 10.1. The van der Waals surface area contributed by atoms with Crippen molar-refractivity contribution in [2.75, 3.05) is 13.2 Å². The van der Waals surface area contributed by atoms with Gasteiger partial charge in [-0.15, -0.1) is 0 Å². The fourth-order valence-corrected chi connectivity index (χ4v) is 1.69. The number of rotatable bonds is 14. The molecular formula is C13H23O4. The Morgan fingerprint density at radius 3 is 1.71 bits per heavy atom. The molecule has 0 rings (SSSR count). The van der Waals surface area contributed by atoms with Gasteiger partial charge in [0.05, 0.1) is 13.2 Å². The van der Waals surface area contributed by atoms with Crippen molar-refractivity contribution in [1.29, 1.82) is 0 Å². The Hall–Kier alpha value is -1.06. The maximum atomic E-state index is 9.85. The van der Waals surface area contributed by atoms with Crippen molar-refractivity contribution in [3.8, 4) is 0 Å². The van der Waals surface area contributed by atoms with Crippen molar-refractivity contribution in [3.05, 3.63) is 0 Å². The van der Waals surface area contributed by atoms with Crippen LogP contribution in [0.5, 0.6) is 0 Å². The van der Waals surface area contributed by atoms with Crippen LogP contribution >= 0.6 is 0 Å². The molecule has 0 N–H and O–H groups in total. The monoisotopic (exact) mass is 243 g/mol. The maximum absolute atomic E-state index is 9.85. The maximum Gasteiger partial charge on any atom is 0.417 e. The second kappa shape index (κ2) is 14.9. The van der Waals surface area contributed by atoms with E-state index in [0.29, 0.717) is 19.7 Å². The van der Waals surface area contributed by atoms with Crippen molar-refractivity contribution in [2.24, 2.45) is 0 Å². The molecule has 0 saturated heterocycles. The lowest BCUT2D eigenvalue weighted by molar-refractivity contribution is -0.128. The van der Waals surface area contributed by atoms with Gasteiger partial charge in [-0.2, -0.15) is 0 Å². The standard InChI is InChI=1S/C13H23O4/c14-12-16-10-8-6-4-2-1-3-5-7-9-11-17-13-15/h12H,1-11H2. The van der Waals surface area contributed by atoms with E-state index >= 15 is 0 Å². The van der Waals surface area contributed by atoms with Crippen molar-refractivity contribution in [1.82, 2.24) is 0 Å². The van der Waals surface area contributed by atoms with Gasteiger partial charge in [-0.25, -0.2) is 4.79 Å². The van der Waals surface area contributed by atoms with Crippen LogP contribution in [0, 0.1) is 0 Å². The average molecular weight is 243 g/mol. The SMILES string of the molecule is O=[C]OCCCCCCCCCCCOC=O. The Kier molecular flexibility index (Phi) is 14.0. The van der Waals surface area contributed by atoms with Crippen LogP contribution in [0.1, 0.15) is 57.8 Å². The van der Waals surface area contributed by atoms with Crippen LogP contribution < -0.4 is 0 Å². The normalized spacial score (nSPS) is 9.88. The van der Waals surface area contributed by atoms with E-state index in [1.54, 1.807) is 0 Å². The third-order valence-corrected chi connectivity index (χ3v) is 2.64. The molecule has 0 unspecified atom stereocenters.